The number of likely N-dealkylation sites (tertiary alicyclic amines) is 1. The first kappa shape index (κ1) is 16.0. The van der Waals surface area contributed by atoms with Crippen LogP contribution in [0.5, 0.6) is 0 Å². The van der Waals surface area contributed by atoms with Crippen LogP contribution < -0.4 is 0 Å². The fourth-order valence-corrected chi connectivity index (χ4v) is 3.21. The van der Waals surface area contributed by atoms with Gasteiger partial charge in [-0.2, -0.15) is 5.10 Å². The Bertz CT molecular complexity index is 592. The van der Waals surface area contributed by atoms with Crippen LogP contribution in [0.25, 0.3) is 0 Å². The lowest BCUT2D eigenvalue weighted by atomic mass is 9.98. The van der Waals surface area contributed by atoms with Gasteiger partial charge in [-0.15, -0.1) is 0 Å². The first-order chi connectivity index (χ1) is 11.0. The Hall–Kier alpha value is -1.85. The van der Waals surface area contributed by atoms with Gasteiger partial charge in [0.2, 0.25) is 5.91 Å². The fraction of sp³-hybridized carbons (Fsp3) is 0.706. The minimum Gasteiger partial charge on any atom is -0.463 e. The van der Waals surface area contributed by atoms with Crippen LogP contribution in [0, 0.1) is 25.7 Å². The van der Waals surface area contributed by atoms with Crippen molar-refractivity contribution in [3.05, 3.63) is 17.5 Å². The summed E-state index contributed by atoms with van der Waals surface area (Å²) < 4.78 is 7.27. The fourth-order valence-electron chi connectivity index (χ4n) is 3.21. The third-order valence-electron chi connectivity index (χ3n) is 4.64. The van der Waals surface area contributed by atoms with Gasteiger partial charge in [0.05, 0.1) is 18.2 Å². The number of carbonyl (C=O) groups is 2. The van der Waals surface area contributed by atoms with E-state index in [4.69, 9.17) is 4.74 Å². The van der Waals surface area contributed by atoms with E-state index in [1.807, 2.05) is 29.5 Å². The SMILES string of the molecule is Cc1cc(C)n(CCOC(=O)C2CCCN(C(=O)C3CC3)C2)n1. The maximum absolute atomic E-state index is 12.2. The predicted molar refractivity (Wildman–Crippen MR) is 84.7 cm³/mol. The van der Waals surface area contributed by atoms with Crippen LogP contribution >= 0.6 is 0 Å². The Kier molecular flexibility index (Phi) is 4.68. The number of aryl methyl sites for hydroxylation is 2. The minimum absolute atomic E-state index is 0.174. The van der Waals surface area contributed by atoms with E-state index >= 15 is 0 Å². The maximum atomic E-state index is 12.2. The number of aromatic nitrogens is 2. The Morgan fingerprint density at radius 1 is 1.26 bits per heavy atom. The van der Waals surface area contributed by atoms with Crippen molar-refractivity contribution in [2.24, 2.45) is 11.8 Å². The largest absolute Gasteiger partial charge is 0.463 e. The summed E-state index contributed by atoms with van der Waals surface area (Å²) in [5.41, 5.74) is 2.03. The molecule has 1 amide bonds. The molecule has 1 saturated heterocycles. The van der Waals surface area contributed by atoms with Crippen molar-refractivity contribution in [3.63, 3.8) is 0 Å². The lowest BCUT2D eigenvalue weighted by molar-refractivity contribution is -0.152. The summed E-state index contributed by atoms with van der Waals surface area (Å²) in [5.74, 6) is 0.0904. The number of ether oxygens (including phenoxy) is 1. The topological polar surface area (TPSA) is 64.4 Å². The van der Waals surface area contributed by atoms with E-state index in [1.54, 1.807) is 0 Å². The number of rotatable bonds is 5. The zero-order chi connectivity index (χ0) is 16.4. The first-order valence-electron chi connectivity index (χ1n) is 8.51. The lowest BCUT2D eigenvalue weighted by Crippen LogP contribution is -2.43. The highest BCUT2D eigenvalue weighted by Crippen LogP contribution is 2.32. The van der Waals surface area contributed by atoms with Crippen LogP contribution in [0.1, 0.15) is 37.1 Å². The molecule has 2 aliphatic rings. The summed E-state index contributed by atoms with van der Waals surface area (Å²) in [6.45, 7) is 6.14. The van der Waals surface area contributed by atoms with E-state index in [1.165, 1.54) is 0 Å². The van der Waals surface area contributed by atoms with Crippen molar-refractivity contribution in [2.75, 3.05) is 19.7 Å². The quantitative estimate of drug-likeness (QED) is 0.775. The normalized spacial score (nSPS) is 21.3. The number of amides is 1. The molecular formula is C17H25N3O3. The lowest BCUT2D eigenvalue weighted by Gasteiger charge is -2.31. The molecule has 0 bridgehead atoms. The minimum atomic E-state index is -0.181. The zero-order valence-electron chi connectivity index (χ0n) is 14.0. The molecule has 1 unspecified atom stereocenters. The van der Waals surface area contributed by atoms with E-state index in [2.05, 4.69) is 5.10 Å². The molecule has 1 aliphatic heterocycles. The second-order valence-electron chi connectivity index (χ2n) is 6.72. The number of piperidine rings is 1. The number of nitrogens with zero attached hydrogens (tertiary/aromatic N) is 3. The molecule has 1 aliphatic carbocycles. The molecule has 0 radical (unpaired) electrons. The van der Waals surface area contributed by atoms with Crippen molar-refractivity contribution in [2.45, 2.75) is 46.1 Å². The molecule has 2 heterocycles. The zero-order valence-corrected chi connectivity index (χ0v) is 14.0. The maximum Gasteiger partial charge on any atom is 0.310 e. The second-order valence-corrected chi connectivity index (χ2v) is 6.72. The van der Waals surface area contributed by atoms with Gasteiger partial charge in [0, 0.05) is 24.7 Å². The van der Waals surface area contributed by atoms with E-state index in [9.17, 15) is 9.59 Å². The highest BCUT2D eigenvalue weighted by molar-refractivity contribution is 5.82. The monoisotopic (exact) mass is 319 g/mol. The summed E-state index contributed by atoms with van der Waals surface area (Å²) >= 11 is 0. The third kappa shape index (κ3) is 3.92. The first-order valence-corrected chi connectivity index (χ1v) is 8.51. The molecule has 1 aromatic rings. The summed E-state index contributed by atoms with van der Waals surface area (Å²) in [7, 11) is 0. The van der Waals surface area contributed by atoms with E-state index in [-0.39, 0.29) is 23.7 Å². The van der Waals surface area contributed by atoms with Crippen LogP contribution in [0.2, 0.25) is 0 Å². The summed E-state index contributed by atoms with van der Waals surface area (Å²) in [6.07, 6.45) is 3.71. The molecule has 2 fully saturated rings. The average molecular weight is 319 g/mol. The van der Waals surface area contributed by atoms with Gasteiger partial charge < -0.3 is 9.64 Å². The van der Waals surface area contributed by atoms with Crippen LogP contribution in [0.15, 0.2) is 6.07 Å². The number of hydrogen-bond acceptors (Lipinski definition) is 4. The Morgan fingerprint density at radius 3 is 2.70 bits per heavy atom. The van der Waals surface area contributed by atoms with Gasteiger partial charge in [-0.3, -0.25) is 14.3 Å². The van der Waals surface area contributed by atoms with E-state index in [0.29, 0.717) is 19.7 Å². The second kappa shape index (κ2) is 6.72. The average Bonchev–Trinajstić information content (AvgIpc) is 3.33. The molecule has 3 rings (SSSR count). The van der Waals surface area contributed by atoms with Crippen molar-refractivity contribution in [1.82, 2.24) is 14.7 Å². The van der Waals surface area contributed by atoms with Gasteiger partial charge in [-0.05, 0) is 45.6 Å². The van der Waals surface area contributed by atoms with Gasteiger partial charge in [0.15, 0.2) is 0 Å². The van der Waals surface area contributed by atoms with Gasteiger partial charge in [-0.25, -0.2) is 0 Å². The molecule has 0 aromatic carbocycles. The van der Waals surface area contributed by atoms with Gasteiger partial charge in [0.25, 0.3) is 0 Å². The van der Waals surface area contributed by atoms with Crippen molar-refractivity contribution in [1.29, 1.82) is 0 Å². The molecule has 126 valence electrons. The predicted octanol–water partition coefficient (Wildman–Crippen LogP) is 1.69. The standard InChI is InChI=1S/C17H25N3O3/c1-12-10-13(2)20(18-12)8-9-23-17(22)15-4-3-7-19(11-15)16(21)14-5-6-14/h10,14-15H,3-9,11H2,1-2H3. The molecule has 1 aromatic heterocycles. The molecule has 0 N–H and O–H groups in total. The Morgan fingerprint density at radius 2 is 2.04 bits per heavy atom. The van der Waals surface area contributed by atoms with Crippen LogP contribution in [-0.2, 0) is 20.9 Å². The van der Waals surface area contributed by atoms with Gasteiger partial charge in [0.1, 0.15) is 6.61 Å². The highest BCUT2D eigenvalue weighted by atomic mass is 16.5. The molecule has 1 saturated carbocycles. The number of carbonyl (C=O) groups excluding carboxylic acids is 2. The van der Waals surface area contributed by atoms with E-state index in [0.717, 1.165) is 43.6 Å². The van der Waals surface area contributed by atoms with Gasteiger partial charge in [-0.1, -0.05) is 0 Å². The van der Waals surface area contributed by atoms with Crippen LogP contribution in [0.3, 0.4) is 0 Å². The summed E-state index contributed by atoms with van der Waals surface area (Å²) in [4.78, 5) is 26.2. The molecule has 1 atom stereocenters. The molecule has 0 spiro atoms. The molecular weight excluding hydrogens is 294 g/mol. The number of hydrogen-bond donors (Lipinski definition) is 0. The number of esters is 1. The Labute approximate surface area is 136 Å². The van der Waals surface area contributed by atoms with Crippen molar-refractivity contribution >= 4 is 11.9 Å². The van der Waals surface area contributed by atoms with Crippen molar-refractivity contribution < 1.29 is 14.3 Å². The van der Waals surface area contributed by atoms with Crippen LogP contribution in [-0.4, -0.2) is 46.3 Å². The third-order valence-corrected chi connectivity index (χ3v) is 4.64. The molecule has 6 heteroatoms. The summed E-state index contributed by atoms with van der Waals surface area (Å²) in [5, 5.41) is 4.35. The van der Waals surface area contributed by atoms with Crippen molar-refractivity contribution in [3.8, 4) is 0 Å². The Balaban J connectivity index is 1.45. The van der Waals surface area contributed by atoms with E-state index < -0.39 is 0 Å². The smallest absolute Gasteiger partial charge is 0.310 e. The highest BCUT2D eigenvalue weighted by Gasteiger charge is 2.37. The summed E-state index contributed by atoms with van der Waals surface area (Å²) in [6, 6.07) is 2.00. The molecule has 6 nitrogen and oxygen atoms in total. The molecule has 23 heavy (non-hydrogen) atoms. The van der Waals surface area contributed by atoms with Gasteiger partial charge >= 0.3 is 5.97 Å². The van der Waals surface area contributed by atoms with Crippen LogP contribution in [0.4, 0.5) is 0 Å².